The molecule has 0 saturated heterocycles. The van der Waals surface area contributed by atoms with Crippen LogP contribution < -0.4 is 0 Å². The third-order valence-electron chi connectivity index (χ3n) is 1.39. The number of carbonyl (C=O) groups excluding carboxylic acids is 1. The largest absolute Gasteiger partial charge is 0.394 e. The summed E-state index contributed by atoms with van der Waals surface area (Å²) in [6.45, 7) is -1.69. The average Bonchev–Trinajstić information content (AvgIpc) is 2.12. The van der Waals surface area contributed by atoms with Gasteiger partial charge in [-0.15, -0.1) is 0 Å². The monoisotopic (exact) mass is 181 g/mol. The molecule has 0 aliphatic rings. The van der Waals surface area contributed by atoms with Crippen molar-refractivity contribution in [3.05, 3.63) is 0 Å². The molecule has 5 N–H and O–H groups in total. The highest BCUT2D eigenvalue weighted by Crippen LogP contribution is 2.00. The molecule has 0 amide bonds. The van der Waals surface area contributed by atoms with Gasteiger partial charge in [-0.05, 0) is 0 Å². The van der Waals surface area contributed by atoms with E-state index in [1.54, 1.807) is 0 Å². The van der Waals surface area contributed by atoms with Gasteiger partial charge in [0.15, 0.2) is 5.78 Å². The summed E-state index contributed by atoms with van der Waals surface area (Å²) in [7, 11) is 0. The first-order valence-electron chi connectivity index (χ1n) is 3.33. The number of hydrogen-bond acceptors (Lipinski definition) is 6. The molecule has 0 spiro atoms. The minimum Gasteiger partial charge on any atom is -0.394 e. The van der Waals surface area contributed by atoms with Crippen LogP contribution in [-0.4, -0.2) is 62.8 Å². The first kappa shape index (κ1) is 11.5. The second kappa shape index (κ2) is 5.18. The number of hydrogen-bond donors (Lipinski definition) is 5. The summed E-state index contributed by atoms with van der Waals surface area (Å²) >= 11 is 0. The lowest BCUT2D eigenvalue weighted by molar-refractivity contribution is -0.142. The summed E-state index contributed by atoms with van der Waals surface area (Å²) < 4.78 is 0. The van der Waals surface area contributed by atoms with Crippen molar-refractivity contribution in [2.45, 2.75) is 18.3 Å². The van der Waals surface area contributed by atoms with Crippen molar-refractivity contribution in [3.8, 4) is 0 Å². The van der Waals surface area contributed by atoms with Gasteiger partial charge in [0, 0.05) is 0 Å². The third-order valence-corrected chi connectivity index (χ3v) is 1.39. The molecule has 0 rings (SSSR count). The van der Waals surface area contributed by atoms with Crippen molar-refractivity contribution in [1.82, 2.24) is 0 Å². The molecule has 0 aromatic heterocycles. The highest BCUT2D eigenvalue weighted by atomic mass is 16.4. The van der Waals surface area contributed by atoms with Crippen LogP contribution in [-0.2, 0) is 4.79 Å². The van der Waals surface area contributed by atoms with Crippen LogP contribution in [0.5, 0.6) is 0 Å². The van der Waals surface area contributed by atoms with E-state index in [1.807, 2.05) is 0 Å². The molecule has 0 fully saturated rings. The van der Waals surface area contributed by atoms with Crippen molar-refractivity contribution in [2.24, 2.45) is 0 Å². The van der Waals surface area contributed by atoms with E-state index in [9.17, 15) is 4.79 Å². The number of Topliss-reactive ketones (excluding diaryl/α,β-unsaturated/α-hetero) is 1. The molecular weight excluding hydrogens is 169 g/mol. The normalized spacial score (nSPS) is 18.4. The SMILES string of the molecule is O=C([13CH2]O)[C@@H](O)[C@@H](O)[C@@H](O)CO. The van der Waals surface area contributed by atoms with Gasteiger partial charge in [0.2, 0.25) is 0 Å². The van der Waals surface area contributed by atoms with E-state index in [1.165, 1.54) is 0 Å². The van der Waals surface area contributed by atoms with Gasteiger partial charge in [-0.3, -0.25) is 4.79 Å². The summed E-state index contributed by atoms with van der Waals surface area (Å²) in [6, 6.07) is 0. The fraction of sp³-hybridized carbons (Fsp3) is 0.833. The van der Waals surface area contributed by atoms with Gasteiger partial charge in [0.25, 0.3) is 0 Å². The molecule has 0 saturated carbocycles. The lowest BCUT2D eigenvalue weighted by Gasteiger charge is -2.19. The number of ketones is 1. The minimum absolute atomic E-state index is 0.767. The lowest BCUT2D eigenvalue weighted by Crippen LogP contribution is -2.44. The molecule has 3 atom stereocenters. The van der Waals surface area contributed by atoms with Gasteiger partial charge in [0.05, 0.1) is 6.61 Å². The van der Waals surface area contributed by atoms with Crippen molar-refractivity contribution in [3.63, 3.8) is 0 Å². The molecule has 6 nitrogen and oxygen atoms in total. The fourth-order valence-electron chi connectivity index (χ4n) is 0.602. The van der Waals surface area contributed by atoms with E-state index in [-0.39, 0.29) is 0 Å². The van der Waals surface area contributed by atoms with Crippen molar-refractivity contribution in [1.29, 1.82) is 0 Å². The summed E-state index contributed by atoms with van der Waals surface area (Å²) in [5.74, 6) is -1.00. The van der Waals surface area contributed by atoms with Crippen LogP contribution >= 0.6 is 0 Å². The van der Waals surface area contributed by atoms with E-state index < -0.39 is 37.3 Å². The Kier molecular flexibility index (Phi) is 4.95. The van der Waals surface area contributed by atoms with Crippen LogP contribution in [0.1, 0.15) is 0 Å². The predicted octanol–water partition coefficient (Wildman–Crippen LogP) is -3.38. The van der Waals surface area contributed by atoms with Crippen LogP contribution in [0.2, 0.25) is 0 Å². The first-order chi connectivity index (χ1) is 5.54. The maximum absolute atomic E-state index is 10.5. The van der Waals surface area contributed by atoms with Gasteiger partial charge in [-0.1, -0.05) is 0 Å². The van der Waals surface area contributed by atoms with Gasteiger partial charge in [0.1, 0.15) is 24.9 Å². The second-order valence-corrected chi connectivity index (χ2v) is 2.31. The second-order valence-electron chi connectivity index (χ2n) is 2.31. The molecule has 0 aromatic rings. The summed E-state index contributed by atoms with van der Waals surface area (Å²) in [5, 5.41) is 43.1. The maximum atomic E-state index is 10.5. The van der Waals surface area contributed by atoms with Crippen molar-refractivity contribution in [2.75, 3.05) is 13.2 Å². The molecule has 72 valence electrons. The Morgan fingerprint density at radius 1 is 1.17 bits per heavy atom. The molecule has 6 heteroatoms. The van der Waals surface area contributed by atoms with Crippen LogP contribution in [0, 0.1) is 0 Å². The van der Waals surface area contributed by atoms with Crippen molar-refractivity contribution >= 4 is 5.78 Å². The summed E-state index contributed by atoms with van der Waals surface area (Å²) in [4.78, 5) is 10.5. The third kappa shape index (κ3) is 2.84. The van der Waals surface area contributed by atoms with Gasteiger partial charge < -0.3 is 25.5 Å². The lowest BCUT2D eigenvalue weighted by atomic mass is 10.1. The molecule has 0 aliphatic carbocycles. The van der Waals surface area contributed by atoms with Crippen LogP contribution in [0.3, 0.4) is 0 Å². The molecule has 0 radical (unpaired) electrons. The zero-order valence-electron chi connectivity index (χ0n) is 6.29. The molecule has 0 aliphatic heterocycles. The summed E-state index contributed by atoms with van der Waals surface area (Å²) in [6.07, 6.45) is -5.22. The Balaban J connectivity index is 4.08. The van der Waals surface area contributed by atoms with Gasteiger partial charge in [-0.25, -0.2) is 0 Å². The van der Waals surface area contributed by atoms with Crippen LogP contribution in [0.4, 0.5) is 0 Å². The smallest absolute Gasteiger partial charge is 0.189 e. The standard InChI is InChI=1S/C6H12O6/c7-1-3(9)5(11)6(12)4(10)2-8/h3,5-9,11-12H,1-2H2/t3-,5-,6+/m0/s1/i2+1. The number of aliphatic hydroxyl groups is 5. The van der Waals surface area contributed by atoms with E-state index in [4.69, 9.17) is 25.5 Å². The number of aliphatic hydroxyl groups excluding tert-OH is 5. The average molecular weight is 181 g/mol. The Hall–Kier alpha value is -0.530. The highest BCUT2D eigenvalue weighted by Gasteiger charge is 2.28. The Morgan fingerprint density at radius 3 is 2.00 bits per heavy atom. The predicted molar refractivity (Wildman–Crippen MR) is 37.2 cm³/mol. The summed E-state index contributed by atoms with van der Waals surface area (Å²) in [5.41, 5.74) is 0. The molecule has 0 aromatic carbocycles. The molecule has 0 bridgehead atoms. The zero-order chi connectivity index (χ0) is 9.72. The number of rotatable bonds is 5. The topological polar surface area (TPSA) is 118 Å². The van der Waals surface area contributed by atoms with Gasteiger partial charge >= 0.3 is 0 Å². The quantitative estimate of drug-likeness (QED) is 0.282. The Bertz CT molecular complexity index is 147. The van der Waals surface area contributed by atoms with Crippen LogP contribution in [0.15, 0.2) is 0 Å². The molecule has 0 unspecified atom stereocenters. The van der Waals surface area contributed by atoms with E-state index in [0.717, 1.165) is 0 Å². The maximum Gasteiger partial charge on any atom is 0.189 e. The Morgan fingerprint density at radius 2 is 1.67 bits per heavy atom. The minimum atomic E-state index is -1.86. The van der Waals surface area contributed by atoms with E-state index >= 15 is 0 Å². The van der Waals surface area contributed by atoms with Gasteiger partial charge in [-0.2, -0.15) is 0 Å². The Labute approximate surface area is 68.7 Å². The molecular formula is C6H12O6. The van der Waals surface area contributed by atoms with E-state index in [0.29, 0.717) is 0 Å². The molecule has 12 heavy (non-hydrogen) atoms. The van der Waals surface area contributed by atoms with Crippen molar-refractivity contribution < 1.29 is 30.3 Å². The fourth-order valence-corrected chi connectivity index (χ4v) is 0.602. The zero-order valence-corrected chi connectivity index (χ0v) is 6.29. The van der Waals surface area contributed by atoms with Crippen LogP contribution in [0.25, 0.3) is 0 Å². The number of carbonyl (C=O) groups is 1. The van der Waals surface area contributed by atoms with E-state index in [2.05, 4.69) is 0 Å². The first-order valence-corrected chi connectivity index (χ1v) is 3.33. The molecule has 0 heterocycles. The highest BCUT2D eigenvalue weighted by molar-refractivity contribution is 5.84.